The van der Waals surface area contributed by atoms with Gasteiger partial charge < -0.3 is 20.3 Å². The molecule has 0 saturated carbocycles. The Morgan fingerprint density at radius 3 is 2.51 bits per heavy atom. The van der Waals surface area contributed by atoms with Crippen LogP contribution in [0.2, 0.25) is 0 Å². The molecule has 1 amide bonds. The third-order valence-electron chi connectivity index (χ3n) is 10.9. The van der Waals surface area contributed by atoms with Crippen LogP contribution in [0.3, 0.4) is 0 Å². The summed E-state index contributed by atoms with van der Waals surface area (Å²) in [6.07, 6.45) is 7.99. The highest BCUT2D eigenvalue weighted by Crippen LogP contribution is 2.37. The molecule has 7 rings (SSSR count). The minimum atomic E-state index is -0.0536. The van der Waals surface area contributed by atoms with Crippen molar-refractivity contribution in [2.45, 2.75) is 64.2 Å². The Labute approximate surface area is 290 Å². The molecule has 0 radical (unpaired) electrons. The third kappa shape index (κ3) is 7.34. The van der Waals surface area contributed by atoms with Gasteiger partial charge in [0.1, 0.15) is 12.1 Å². The minimum Gasteiger partial charge on any atom is -0.338 e. The third-order valence-corrected chi connectivity index (χ3v) is 10.9. The summed E-state index contributed by atoms with van der Waals surface area (Å²) >= 11 is 0. The van der Waals surface area contributed by atoms with Gasteiger partial charge in [-0.2, -0.15) is 5.10 Å². The molecule has 0 aliphatic carbocycles. The van der Waals surface area contributed by atoms with Crippen LogP contribution in [0, 0.1) is 12.8 Å². The van der Waals surface area contributed by atoms with Crippen LogP contribution in [-0.2, 0) is 24.9 Å². The minimum absolute atomic E-state index is 0.00788. The fraction of sp³-hybridized carbons (Fsp3) is 0.425. The summed E-state index contributed by atoms with van der Waals surface area (Å²) in [6.45, 7) is 8.77. The van der Waals surface area contributed by atoms with E-state index in [1.165, 1.54) is 18.4 Å². The number of fused-ring (bicyclic) bond motifs is 2. The van der Waals surface area contributed by atoms with Crippen molar-refractivity contribution in [2.24, 2.45) is 13.0 Å². The van der Waals surface area contributed by atoms with Gasteiger partial charge in [0.05, 0.1) is 24.1 Å². The molecule has 2 N–H and O–H groups in total. The monoisotopic (exact) mass is 659 g/mol. The van der Waals surface area contributed by atoms with Crippen molar-refractivity contribution in [3.63, 3.8) is 0 Å². The number of aromatic nitrogens is 2. The highest BCUT2D eigenvalue weighted by atomic mass is 16.2. The number of aldehydes is 1. The zero-order valence-electron chi connectivity index (χ0n) is 28.9. The lowest BCUT2D eigenvalue weighted by Crippen LogP contribution is -2.46. The van der Waals surface area contributed by atoms with Gasteiger partial charge in [-0.1, -0.05) is 48.5 Å². The summed E-state index contributed by atoms with van der Waals surface area (Å²) in [6, 6.07) is 25.5. The second-order valence-electron chi connectivity index (χ2n) is 14.0. The molecule has 0 spiro atoms. The Kier molecular flexibility index (Phi) is 10.2. The molecule has 1 unspecified atom stereocenters. The lowest BCUT2D eigenvalue weighted by Gasteiger charge is -2.41. The van der Waals surface area contributed by atoms with E-state index in [4.69, 9.17) is 0 Å². The van der Waals surface area contributed by atoms with Gasteiger partial charge >= 0.3 is 0 Å². The molecule has 3 aliphatic heterocycles. The second kappa shape index (κ2) is 15.1. The molecule has 4 heterocycles. The van der Waals surface area contributed by atoms with Gasteiger partial charge in [0.25, 0.3) is 5.91 Å². The van der Waals surface area contributed by atoms with E-state index >= 15 is 0 Å². The maximum atomic E-state index is 14.1. The van der Waals surface area contributed by atoms with Crippen LogP contribution >= 0.6 is 0 Å². The van der Waals surface area contributed by atoms with E-state index in [1.807, 2.05) is 59.2 Å². The number of benzene rings is 3. The molecule has 1 atom stereocenters. The maximum absolute atomic E-state index is 14.1. The fourth-order valence-electron chi connectivity index (χ4n) is 8.15. The Balaban J connectivity index is 1.04. The smallest absolute Gasteiger partial charge is 0.258 e. The standard InChI is InChI=1S/C40H49N7O2/c1-29-24-32(40(49)47-28-33-25-42-44(2)39(33)43-36-10-6-7-11-38(36)47)12-13-35(29)37(18-23-48)45-21-16-31(17-22-45)27-46(34-14-19-41-20-15-34)26-30-8-4-3-5-9-30/h3-13,23-25,31,34,37,41,43H,14-22,26-28H2,1-2H3. The van der Waals surface area contributed by atoms with Crippen molar-refractivity contribution in [1.82, 2.24) is 24.9 Å². The number of carbonyl (C=O) groups excluding carboxylic acids is 2. The summed E-state index contributed by atoms with van der Waals surface area (Å²) in [5.74, 6) is 1.48. The normalized spacial score (nSPS) is 18.0. The largest absolute Gasteiger partial charge is 0.338 e. The lowest BCUT2D eigenvalue weighted by molar-refractivity contribution is -0.109. The van der Waals surface area contributed by atoms with Crippen molar-refractivity contribution in [2.75, 3.05) is 42.9 Å². The molecule has 9 nitrogen and oxygen atoms in total. The maximum Gasteiger partial charge on any atom is 0.258 e. The van der Waals surface area contributed by atoms with E-state index in [2.05, 4.69) is 68.9 Å². The van der Waals surface area contributed by atoms with Crippen molar-refractivity contribution in [3.8, 4) is 0 Å². The number of nitrogens with zero attached hydrogens (tertiary/aromatic N) is 5. The highest BCUT2D eigenvalue weighted by molar-refractivity contribution is 6.08. The first kappa shape index (κ1) is 33.2. The van der Waals surface area contributed by atoms with E-state index < -0.39 is 0 Å². The van der Waals surface area contributed by atoms with E-state index in [0.717, 1.165) is 92.3 Å². The number of nitrogens with one attached hydrogen (secondary N) is 2. The highest BCUT2D eigenvalue weighted by Gasteiger charge is 2.31. The fourth-order valence-corrected chi connectivity index (χ4v) is 8.15. The van der Waals surface area contributed by atoms with Crippen molar-refractivity contribution in [3.05, 3.63) is 107 Å². The molecule has 256 valence electrons. The summed E-state index contributed by atoms with van der Waals surface area (Å²) in [7, 11) is 1.91. The number of para-hydroxylation sites is 2. The molecule has 3 aliphatic rings. The first-order chi connectivity index (χ1) is 24.0. The molecule has 2 fully saturated rings. The van der Waals surface area contributed by atoms with Crippen LogP contribution in [0.5, 0.6) is 0 Å². The molecular formula is C40H49N7O2. The number of amides is 1. The lowest BCUT2D eigenvalue weighted by atomic mass is 9.90. The van der Waals surface area contributed by atoms with Crippen LogP contribution in [0.25, 0.3) is 0 Å². The van der Waals surface area contributed by atoms with Gasteiger partial charge in [-0.15, -0.1) is 0 Å². The van der Waals surface area contributed by atoms with Crippen LogP contribution in [0.4, 0.5) is 17.2 Å². The number of carbonyl (C=O) groups is 2. The number of hydrogen-bond acceptors (Lipinski definition) is 7. The van der Waals surface area contributed by atoms with Gasteiger partial charge in [0, 0.05) is 49.8 Å². The zero-order valence-corrected chi connectivity index (χ0v) is 28.9. The average Bonchev–Trinajstić information content (AvgIpc) is 3.38. The first-order valence-electron chi connectivity index (χ1n) is 17.9. The Bertz CT molecular complexity index is 1740. The van der Waals surface area contributed by atoms with Gasteiger partial charge in [-0.3, -0.25) is 19.3 Å². The van der Waals surface area contributed by atoms with E-state index in [1.54, 1.807) is 0 Å². The topological polar surface area (TPSA) is 85.7 Å². The Morgan fingerprint density at radius 1 is 1.00 bits per heavy atom. The molecule has 2 saturated heterocycles. The Hall–Kier alpha value is -4.31. The number of anilines is 3. The van der Waals surface area contributed by atoms with Crippen molar-refractivity contribution < 1.29 is 9.59 Å². The number of rotatable bonds is 10. The van der Waals surface area contributed by atoms with E-state index in [9.17, 15) is 9.59 Å². The zero-order chi connectivity index (χ0) is 33.7. The van der Waals surface area contributed by atoms with Crippen LogP contribution in [-0.4, -0.2) is 70.5 Å². The second-order valence-corrected chi connectivity index (χ2v) is 14.0. The van der Waals surface area contributed by atoms with Crippen LogP contribution in [0.15, 0.2) is 79.0 Å². The van der Waals surface area contributed by atoms with E-state index in [0.29, 0.717) is 30.5 Å². The van der Waals surface area contributed by atoms with Crippen LogP contribution < -0.4 is 15.5 Å². The van der Waals surface area contributed by atoms with Gasteiger partial charge in [-0.25, -0.2) is 0 Å². The molecule has 3 aromatic carbocycles. The number of piperidine rings is 2. The number of aryl methyl sites for hydroxylation is 2. The van der Waals surface area contributed by atoms with Crippen molar-refractivity contribution in [1.29, 1.82) is 0 Å². The predicted molar refractivity (Wildman–Crippen MR) is 195 cm³/mol. The SMILES string of the molecule is Cc1cc(C(=O)N2Cc3cnn(C)c3Nc3ccccc32)ccc1C(CC=O)N1CCC(CN(Cc2ccccc2)C2CCNCC2)CC1. The van der Waals surface area contributed by atoms with E-state index in [-0.39, 0.29) is 11.9 Å². The summed E-state index contributed by atoms with van der Waals surface area (Å²) in [4.78, 5) is 33.2. The van der Waals surface area contributed by atoms with Gasteiger partial charge in [0.15, 0.2) is 0 Å². The molecule has 49 heavy (non-hydrogen) atoms. The number of likely N-dealkylation sites (tertiary alicyclic amines) is 1. The predicted octanol–water partition coefficient (Wildman–Crippen LogP) is 6.23. The molecular weight excluding hydrogens is 610 g/mol. The average molecular weight is 660 g/mol. The summed E-state index contributed by atoms with van der Waals surface area (Å²) < 4.78 is 1.81. The van der Waals surface area contributed by atoms with Crippen molar-refractivity contribution >= 4 is 29.4 Å². The molecule has 0 bridgehead atoms. The molecule has 1 aromatic heterocycles. The van der Waals surface area contributed by atoms with Crippen LogP contribution in [0.1, 0.15) is 70.8 Å². The summed E-state index contributed by atoms with van der Waals surface area (Å²) in [5, 5.41) is 11.4. The Morgan fingerprint density at radius 2 is 1.76 bits per heavy atom. The summed E-state index contributed by atoms with van der Waals surface area (Å²) in [5.41, 5.74) is 6.89. The number of hydrogen-bond donors (Lipinski definition) is 2. The van der Waals surface area contributed by atoms with Gasteiger partial charge in [-0.05, 0) is 106 Å². The van der Waals surface area contributed by atoms with Gasteiger partial charge in [0.2, 0.25) is 0 Å². The quantitative estimate of drug-likeness (QED) is 0.195. The molecule has 4 aromatic rings. The first-order valence-corrected chi connectivity index (χ1v) is 17.9. The molecule has 9 heteroatoms.